The molecule has 4 heteroatoms. The fraction of sp³-hybridized carbons (Fsp3) is 0.500. The van der Waals surface area contributed by atoms with Crippen molar-refractivity contribution in [3.63, 3.8) is 0 Å². The standard InChI is InChI=1S/C12H16N4/c1-2-3-8-5-11(8)16-12-9(6-13)4-10(14)7-15-12/h4,7-8,11H,2-3,5,14H2,1H3,(H,15,16). The summed E-state index contributed by atoms with van der Waals surface area (Å²) in [7, 11) is 0. The van der Waals surface area contributed by atoms with Crippen LogP contribution < -0.4 is 11.1 Å². The van der Waals surface area contributed by atoms with Crippen LogP contribution in [-0.4, -0.2) is 11.0 Å². The highest BCUT2D eigenvalue weighted by Gasteiger charge is 2.36. The molecule has 0 aromatic carbocycles. The van der Waals surface area contributed by atoms with Crippen molar-refractivity contribution >= 4 is 11.5 Å². The SMILES string of the molecule is CCCC1CC1Nc1ncc(N)cc1C#N. The molecule has 2 unspecified atom stereocenters. The highest BCUT2D eigenvalue weighted by atomic mass is 15.1. The molecule has 1 fully saturated rings. The monoisotopic (exact) mass is 216 g/mol. The molecule has 0 radical (unpaired) electrons. The number of nitrogens with one attached hydrogen (secondary N) is 1. The Balaban J connectivity index is 2.03. The van der Waals surface area contributed by atoms with E-state index in [0.29, 0.717) is 23.1 Å². The zero-order valence-corrected chi connectivity index (χ0v) is 9.40. The summed E-state index contributed by atoms with van der Waals surface area (Å²) in [5.74, 6) is 1.41. The molecule has 16 heavy (non-hydrogen) atoms. The summed E-state index contributed by atoms with van der Waals surface area (Å²) in [6.45, 7) is 2.19. The molecule has 1 aliphatic carbocycles. The van der Waals surface area contributed by atoms with Crippen molar-refractivity contribution < 1.29 is 0 Å². The maximum Gasteiger partial charge on any atom is 0.144 e. The van der Waals surface area contributed by atoms with Crippen LogP contribution in [0, 0.1) is 17.2 Å². The molecular formula is C12H16N4. The summed E-state index contributed by atoms with van der Waals surface area (Å²) in [5.41, 5.74) is 6.64. The Kier molecular flexibility index (Phi) is 2.95. The van der Waals surface area contributed by atoms with E-state index in [-0.39, 0.29) is 0 Å². The molecule has 0 spiro atoms. The van der Waals surface area contributed by atoms with Crippen molar-refractivity contribution in [2.24, 2.45) is 5.92 Å². The van der Waals surface area contributed by atoms with Crippen LogP contribution in [0.15, 0.2) is 12.3 Å². The van der Waals surface area contributed by atoms with Gasteiger partial charge in [-0.15, -0.1) is 0 Å². The maximum atomic E-state index is 8.96. The molecular weight excluding hydrogens is 200 g/mol. The van der Waals surface area contributed by atoms with Gasteiger partial charge < -0.3 is 11.1 Å². The Labute approximate surface area is 95.5 Å². The second-order valence-electron chi connectivity index (χ2n) is 4.31. The highest BCUT2D eigenvalue weighted by molar-refractivity contribution is 5.58. The van der Waals surface area contributed by atoms with Gasteiger partial charge >= 0.3 is 0 Å². The van der Waals surface area contributed by atoms with Crippen LogP contribution in [0.2, 0.25) is 0 Å². The van der Waals surface area contributed by atoms with Crippen LogP contribution in [0.5, 0.6) is 0 Å². The molecule has 1 aromatic heterocycles. The van der Waals surface area contributed by atoms with E-state index in [1.165, 1.54) is 19.3 Å². The van der Waals surface area contributed by atoms with E-state index in [0.717, 1.165) is 5.92 Å². The third kappa shape index (κ3) is 2.25. The van der Waals surface area contributed by atoms with Crippen molar-refractivity contribution in [3.8, 4) is 6.07 Å². The zero-order valence-electron chi connectivity index (χ0n) is 9.40. The summed E-state index contributed by atoms with van der Waals surface area (Å²) in [6, 6.07) is 4.26. The lowest BCUT2D eigenvalue weighted by Gasteiger charge is -2.06. The topological polar surface area (TPSA) is 74.7 Å². The molecule has 1 heterocycles. The molecule has 3 N–H and O–H groups in total. The van der Waals surface area contributed by atoms with Crippen LogP contribution in [0.25, 0.3) is 0 Å². The first-order chi connectivity index (χ1) is 7.74. The number of nitrogen functional groups attached to an aromatic ring is 1. The van der Waals surface area contributed by atoms with Gasteiger partial charge in [0.25, 0.3) is 0 Å². The van der Waals surface area contributed by atoms with Crippen molar-refractivity contribution in [2.45, 2.75) is 32.2 Å². The van der Waals surface area contributed by atoms with Crippen molar-refractivity contribution in [1.29, 1.82) is 5.26 Å². The van der Waals surface area contributed by atoms with Gasteiger partial charge in [-0.05, 0) is 24.8 Å². The number of anilines is 2. The third-order valence-corrected chi connectivity index (χ3v) is 2.93. The second-order valence-corrected chi connectivity index (χ2v) is 4.31. The summed E-state index contributed by atoms with van der Waals surface area (Å²) >= 11 is 0. The lowest BCUT2D eigenvalue weighted by molar-refractivity contribution is 0.692. The number of pyridine rings is 1. The minimum absolute atomic E-state index is 0.489. The highest BCUT2D eigenvalue weighted by Crippen LogP contribution is 2.37. The largest absolute Gasteiger partial charge is 0.397 e. The number of aromatic nitrogens is 1. The molecule has 0 bridgehead atoms. The number of hydrogen-bond acceptors (Lipinski definition) is 4. The Morgan fingerprint density at radius 2 is 2.50 bits per heavy atom. The van der Waals surface area contributed by atoms with Gasteiger partial charge in [-0.1, -0.05) is 13.3 Å². The molecule has 1 aliphatic rings. The van der Waals surface area contributed by atoms with Gasteiger partial charge in [-0.2, -0.15) is 5.26 Å². The smallest absolute Gasteiger partial charge is 0.144 e. The number of nitrogens with two attached hydrogens (primary N) is 1. The van der Waals surface area contributed by atoms with E-state index in [1.807, 2.05) is 0 Å². The minimum Gasteiger partial charge on any atom is -0.397 e. The number of nitrogens with zero attached hydrogens (tertiary/aromatic N) is 2. The van der Waals surface area contributed by atoms with Crippen LogP contribution in [0.4, 0.5) is 11.5 Å². The number of hydrogen-bond donors (Lipinski definition) is 2. The third-order valence-electron chi connectivity index (χ3n) is 2.93. The summed E-state index contributed by atoms with van der Waals surface area (Å²) in [6.07, 6.45) is 5.22. The van der Waals surface area contributed by atoms with Crippen LogP contribution >= 0.6 is 0 Å². The molecule has 4 nitrogen and oxygen atoms in total. The van der Waals surface area contributed by atoms with Crippen molar-refractivity contribution in [1.82, 2.24) is 4.98 Å². The summed E-state index contributed by atoms with van der Waals surface area (Å²) in [4.78, 5) is 4.17. The first-order valence-corrected chi connectivity index (χ1v) is 5.66. The van der Waals surface area contributed by atoms with E-state index < -0.39 is 0 Å². The van der Waals surface area contributed by atoms with Gasteiger partial charge in [0, 0.05) is 6.04 Å². The Morgan fingerprint density at radius 1 is 1.69 bits per heavy atom. The van der Waals surface area contributed by atoms with Gasteiger partial charge in [0.2, 0.25) is 0 Å². The normalized spacial score (nSPS) is 22.5. The van der Waals surface area contributed by atoms with E-state index in [2.05, 4.69) is 23.3 Å². The Hall–Kier alpha value is -1.76. The molecule has 0 aliphatic heterocycles. The Bertz CT molecular complexity index is 422. The Morgan fingerprint density at radius 3 is 3.19 bits per heavy atom. The van der Waals surface area contributed by atoms with Crippen LogP contribution in [-0.2, 0) is 0 Å². The van der Waals surface area contributed by atoms with Crippen LogP contribution in [0.3, 0.4) is 0 Å². The van der Waals surface area contributed by atoms with Gasteiger partial charge in [0.15, 0.2) is 0 Å². The molecule has 0 saturated heterocycles. The van der Waals surface area contributed by atoms with Gasteiger partial charge in [-0.3, -0.25) is 0 Å². The summed E-state index contributed by atoms with van der Waals surface area (Å²) in [5, 5.41) is 12.3. The van der Waals surface area contributed by atoms with Crippen molar-refractivity contribution in [3.05, 3.63) is 17.8 Å². The molecule has 1 saturated carbocycles. The molecule has 2 atom stereocenters. The molecule has 0 amide bonds. The van der Waals surface area contributed by atoms with Crippen molar-refractivity contribution in [2.75, 3.05) is 11.1 Å². The maximum absolute atomic E-state index is 8.96. The predicted molar refractivity (Wildman–Crippen MR) is 63.8 cm³/mol. The van der Waals surface area contributed by atoms with Gasteiger partial charge in [-0.25, -0.2) is 4.98 Å². The van der Waals surface area contributed by atoms with E-state index in [9.17, 15) is 0 Å². The number of rotatable bonds is 4. The van der Waals surface area contributed by atoms with E-state index >= 15 is 0 Å². The average Bonchev–Trinajstić information content (AvgIpc) is 3.00. The molecule has 2 rings (SSSR count). The fourth-order valence-corrected chi connectivity index (χ4v) is 1.97. The van der Waals surface area contributed by atoms with Gasteiger partial charge in [0.1, 0.15) is 11.9 Å². The van der Waals surface area contributed by atoms with Crippen LogP contribution in [0.1, 0.15) is 31.7 Å². The van der Waals surface area contributed by atoms with E-state index in [1.54, 1.807) is 12.3 Å². The van der Waals surface area contributed by atoms with E-state index in [4.69, 9.17) is 11.0 Å². The minimum atomic E-state index is 0.489. The molecule has 84 valence electrons. The quantitative estimate of drug-likeness (QED) is 0.808. The molecule has 1 aromatic rings. The number of nitriles is 1. The summed E-state index contributed by atoms with van der Waals surface area (Å²) < 4.78 is 0. The predicted octanol–water partition coefficient (Wildman–Crippen LogP) is 2.14. The lowest BCUT2D eigenvalue weighted by atomic mass is 10.2. The second kappa shape index (κ2) is 4.40. The fourth-order valence-electron chi connectivity index (χ4n) is 1.97. The first-order valence-electron chi connectivity index (χ1n) is 5.66. The first kappa shape index (κ1) is 10.7. The average molecular weight is 216 g/mol. The zero-order chi connectivity index (χ0) is 11.5. The van der Waals surface area contributed by atoms with Gasteiger partial charge in [0.05, 0.1) is 17.4 Å². The lowest BCUT2D eigenvalue weighted by Crippen LogP contribution is -2.08.